The molecule has 0 radical (unpaired) electrons. The zero-order chi connectivity index (χ0) is 12.8. The smallest absolute Gasteiger partial charge is 0.323 e. The van der Waals surface area contributed by atoms with Gasteiger partial charge in [0.25, 0.3) is 0 Å². The monoisotopic (exact) mass is 231 g/mol. The topological polar surface area (TPSA) is 78.6 Å². The summed E-state index contributed by atoms with van der Waals surface area (Å²) >= 11 is 0. The van der Waals surface area contributed by atoms with Crippen LogP contribution >= 0.6 is 0 Å². The highest BCUT2D eigenvalue weighted by Crippen LogP contribution is 2.10. The molecule has 0 saturated heterocycles. The lowest BCUT2D eigenvalue weighted by Crippen LogP contribution is -2.37. The van der Waals surface area contributed by atoms with E-state index in [1.165, 1.54) is 7.11 Å². The van der Waals surface area contributed by atoms with Crippen molar-refractivity contribution in [2.24, 2.45) is 5.73 Å². The second-order valence-corrected chi connectivity index (χ2v) is 4.61. The van der Waals surface area contributed by atoms with Gasteiger partial charge in [0.1, 0.15) is 11.6 Å². The number of ether oxygens (including phenoxy) is 2. The van der Waals surface area contributed by atoms with E-state index in [0.29, 0.717) is 12.8 Å². The third-order valence-electron chi connectivity index (χ3n) is 1.83. The molecular formula is C11H21NO4. The molecule has 0 bridgehead atoms. The van der Waals surface area contributed by atoms with E-state index < -0.39 is 17.6 Å². The molecule has 0 unspecified atom stereocenters. The fourth-order valence-electron chi connectivity index (χ4n) is 1.06. The summed E-state index contributed by atoms with van der Waals surface area (Å²) in [7, 11) is 1.33. The fourth-order valence-corrected chi connectivity index (χ4v) is 1.06. The van der Waals surface area contributed by atoms with Crippen LogP contribution in [0.25, 0.3) is 0 Å². The number of rotatable bonds is 5. The minimum Gasteiger partial charge on any atom is -0.469 e. The lowest BCUT2D eigenvalue weighted by molar-refractivity contribution is -0.157. The summed E-state index contributed by atoms with van der Waals surface area (Å²) in [6, 6.07) is -0.677. The highest BCUT2D eigenvalue weighted by Gasteiger charge is 2.21. The van der Waals surface area contributed by atoms with Crippen molar-refractivity contribution in [1.82, 2.24) is 0 Å². The Balaban J connectivity index is 3.84. The van der Waals surface area contributed by atoms with Gasteiger partial charge in [-0.25, -0.2) is 0 Å². The third kappa shape index (κ3) is 7.23. The molecule has 0 aliphatic heterocycles. The first-order chi connectivity index (χ1) is 7.26. The lowest BCUT2D eigenvalue weighted by Gasteiger charge is -2.22. The highest BCUT2D eigenvalue weighted by molar-refractivity contribution is 5.76. The molecule has 0 saturated carbocycles. The summed E-state index contributed by atoms with van der Waals surface area (Å²) in [6.07, 6.45) is 1.21. The van der Waals surface area contributed by atoms with Crippen molar-refractivity contribution in [3.63, 3.8) is 0 Å². The van der Waals surface area contributed by atoms with Gasteiger partial charge in [0.15, 0.2) is 0 Å². The average molecular weight is 231 g/mol. The maximum Gasteiger partial charge on any atom is 0.323 e. The average Bonchev–Trinajstić information content (AvgIpc) is 2.14. The Labute approximate surface area is 96.3 Å². The Bertz CT molecular complexity index is 245. The molecule has 5 heteroatoms. The molecule has 2 N–H and O–H groups in total. The van der Waals surface area contributed by atoms with Crippen LogP contribution in [0, 0.1) is 0 Å². The molecule has 0 heterocycles. The second kappa shape index (κ2) is 6.48. The molecule has 16 heavy (non-hydrogen) atoms. The van der Waals surface area contributed by atoms with Crippen LogP contribution in [0.4, 0.5) is 0 Å². The van der Waals surface area contributed by atoms with E-state index >= 15 is 0 Å². The van der Waals surface area contributed by atoms with Gasteiger partial charge >= 0.3 is 11.9 Å². The van der Waals surface area contributed by atoms with Crippen LogP contribution in [0.15, 0.2) is 0 Å². The summed E-state index contributed by atoms with van der Waals surface area (Å²) < 4.78 is 9.58. The van der Waals surface area contributed by atoms with Gasteiger partial charge in [-0.3, -0.25) is 9.59 Å². The molecule has 0 aromatic heterocycles. The number of esters is 2. The third-order valence-corrected chi connectivity index (χ3v) is 1.83. The number of carbonyl (C=O) groups excluding carboxylic acids is 2. The van der Waals surface area contributed by atoms with Crippen LogP contribution in [0.1, 0.15) is 40.0 Å². The van der Waals surface area contributed by atoms with E-state index in [1.807, 2.05) is 0 Å². The van der Waals surface area contributed by atoms with Gasteiger partial charge < -0.3 is 15.2 Å². The Kier molecular flexibility index (Phi) is 6.03. The first-order valence-electron chi connectivity index (χ1n) is 5.31. The Hall–Kier alpha value is -1.10. The molecule has 0 aromatic rings. The van der Waals surface area contributed by atoms with E-state index in [4.69, 9.17) is 10.5 Å². The van der Waals surface area contributed by atoms with Crippen molar-refractivity contribution in [2.75, 3.05) is 7.11 Å². The van der Waals surface area contributed by atoms with E-state index in [9.17, 15) is 9.59 Å². The molecule has 0 fully saturated rings. The molecule has 0 aliphatic rings. The molecule has 1 atom stereocenters. The maximum atomic E-state index is 11.4. The zero-order valence-electron chi connectivity index (χ0n) is 10.4. The highest BCUT2D eigenvalue weighted by atomic mass is 16.6. The number of hydrogen-bond acceptors (Lipinski definition) is 5. The van der Waals surface area contributed by atoms with Gasteiger partial charge in [-0.1, -0.05) is 0 Å². The minimum absolute atomic E-state index is 0.271. The summed E-state index contributed by atoms with van der Waals surface area (Å²) in [5.74, 6) is -0.728. The van der Waals surface area contributed by atoms with Crippen molar-refractivity contribution < 1.29 is 19.1 Å². The first-order valence-corrected chi connectivity index (χ1v) is 5.31. The number of methoxy groups -OCH3 is 1. The second-order valence-electron chi connectivity index (χ2n) is 4.61. The van der Waals surface area contributed by atoms with Gasteiger partial charge in [0.05, 0.1) is 7.11 Å². The summed E-state index contributed by atoms with van der Waals surface area (Å²) in [6.45, 7) is 5.35. The molecule has 0 spiro atoms. The predicted molar refractivity (Wildman–Crippen MR) is 59.7 cm³/mol. The van der Waals surface area contributed by atoms with E-state index in [1.54, 1.807) is 20.8 Å². The van der Waals surface area contributed by atoms with Crippen molar-refractivity contribution in [2.45, 2.75) is 51.7 Å². The van der Waals surface area contributed by atoms with Crippen LogP contribution < -0.4 is 5.73 Å². The van der Waals surface area contributed by atoms with Crippen molar-refractivity contribution >= 4 is 11.9 Å². The van der Waals surface area contributed by atoms with Gasteiger partial charge in [-0.2, -0.15) is 0 Å². The minimum atomic E-state index is -0.677. The largest absolute Gasteiger partial charge is 0.469 e. The van der Waals surface area contributed by atoms with Crippen LogP contribution in [0.3, 0.4) is 0 Å². The molecule has 0 rings (SSSR count). The molecular weight excluding hydrogens is 210 g/mol. The van der Waals surface area contributed by atoms with Gasteiger partial charge in [0, 0.05) is 6.42 Å². The fraction of sp³-hybridized carbons (Fsp3) is 0.818. The van der Waals surface area contributed by atoms with Crippen molar-refractivity contribution in [3.05, 3.63) is 0 Å². The normalized spacial score (nSPS) is 13.1. The summed E-state index contributed by atoms with van der Waals surface area (Å²) in [4.78, 5) is 22.3. The van der Waals surface area contributed by atoms with Gasteiger partial charge in [-0.05, 0) is 33.6 Å². The molecule has 0 amide bonds. The SMILES string of the molecule is COC(=O)CCC[C@@H](N)C(=O)OC(C)(C)C. The molecule has 0 aromatic carbocycles. The number of carbonyl (C=O) groups is 2. The van der Waals surface area contributed by atoms with Gasteiger partial charge in [0.2, 0.25) is 0 Å². The van der Waals surface area contributed by atoms with Crippen LogP contribution in [0.2, 0.25) is 0 Å². The van der Waals surface area contributed by atoms with E-state index in [2.05, 4.69) is 4.74 Å². The predicted octanol–water partition coefficient (Wildman–Crippen LogP) is 0.999. The molecule has 0 aliphatic carbocycles. The lowest BCUT2D eigenvalue weighted by atomic mass is 10.1. The van der Waals surface area contributed by atoms with Gasteiger partial charge in [-0.15, -0.1) is 0 Å². The van der Waals surface area contributed by atoms with E-state index in [0.717, 1.165) is 0 Å². The number of hydrogen-bond donors (Lipinski definition) is 1. The molecule has 5 nitrogen and oxygen atoms in total. The quantitative estimate of drug-likeness (QED) is 0.714. The number of nitrogens with two attached hydrogens (primary N) is 1. The Morgan fingerprint density at radius 3 is 2.31 bits per heavy atom. The zero-order valence-corrected chi connectivity index (χ0v) is 10.4. The van der Waals surface area contributed by atoms with Crippen LogP contribution in [-0.2, 0) is 19.1 Å². The van der Waals surface area contributed by atoms with Crippen molar-refractivity contribution in [3.8, 4) is 0 Å². The molecule has 94 valence electrons. The summed E-state index contributed by atoms with van der Waals surface area (Å²) in [5, 5.41) is 0. The standard InChI is InChI=1S/C11H21NO4/c1-11(2,3)16-10(14)8(12)6-5-7-9(13)15-4/h8H,5-7,12H2,1-4H3/t8-/m1/s1. The van der Waals surface area contributed by atoms with Crippen LogP contribution in [0.5, 0.6) is 0 Å². The summed E-state index contributed by atoms with van der Waals surface area (Å²) in [5.41, 5.74) is 5.09. The Morgan fingerprint density at radius 2 is 1.88 bits per heavy atom. The van der Waals surface area contributed by atoms with Crippen LogP contribution in [-0.4, -0.2) is 30.7 Å². The maximum absolute atomic E-state index is 11.4. The Morgan fingerprint density at radius 1 is 1.31 bits per heavy atom. The van der Waals surface area contributed by atoms with E-state index in [-0.39, 0.29) is 12.4 Å². The van der Waals surface area contributed by atoms with Crippen molar-refractivity contribution in [1.29, 1.82) is 0 Å². The first kappa shape index (κ1) is 14.9.